The third kappa shape index (κ3) is 3.05. The summed E-state index contributed by atoms with van der Waals surface area (Å²) in [6.07, 6.45) is 11.4. The molecule has 8 atom stereocenters. The maximum absolute atomic E-state index is 11.1. The van der Waals surface area contributed by atoms with Crippen LogP contribution in [0.5, 0.6) is 0 Å². The molecule has 4 saturated carbocycles. The van der Waals surface area contributed by atoms with Gasteiger partial charge in [-0.25, -0.2) is 0 Å². The zero-order valence-electron chi connectivity index (χ0n) is 18.2. The molecule has 4 aliphatic rings. The SMILES string of the molecule is C=C(C)[C@H]1CC[C@H]2[C@@H]3CC[C@@H]4C[C@@](O)(COCC)CC[C@]4(C)[C@H]3CC[C@]12C. The Morgan fingerprint density at radius 1 is 1.00 bits per heavy atom. The second-order valence-electron chi connectivity index (χ2n) is 11.2. The number of ether oxygens (including phenoxy) is 1. The molecule has 1 N–H and O–H groups in total. The van der Waals surface area contributed by atoms with Crippen LogP contribution in [0.4, 0.5) is 0 Å². The second kappa shape index (κ2) is 6.87. The number of fused-ring (bicyclic) bond motifs is 5. The molecule has 0 saturated heterocycles. The van der Waals surface area contributed by atoms with E-state index in [1.165, 1.54) is 50.5 Å². The van der Waals surface area contributed by atoms with Crippen molar-refractivity contribution in [3.8, 4) is 0 Å². The lowest BCUT2D eigenvalue weighted by Gasteiger charge is -2.62. The van der Waals surface area contributed by atoms with Crippen molar-refractivity contribution >= 4 is 0 Å². The predicted molar refractivity (Wildman–Crippen MR) is 111 cm³/mol. The van der Waals surface area contributed by atoms with Crippen molar-refractivity contribution in [3.63, 3.8) is 0 Å². The first-order valence-electron chi connectivity index (χ1n) is 11.7. The number of aliphatic hydroxyl groups is 1. The zero-order valence-corrected chi connectivity index (χ0v) is 18.2. The molecule has 0 aromatic rings. The van der Waals surface area contributed by atoms with Gasteiger partial charge in [0.1, 0.15) is 0 Å². The molecule has 2 heteroatoms. The first kappa shape index (κ1) is 20.0. The Morgan fingerprint density at radius 3 is 2.44 bits per heavy atom. The highest BCUT2D eigenvalue weighted by atomic mass is 16.5. The van der Waals surface area contributed by atoms with Crippen LogP contribution in [-0.2, 0) is 4.74 Å². The first-order chi connectivity index (χ1) is 12.7. The van der Waals surface area contributed by atoms with E-state index < -0.39 is 5.60 Å². The molecule has 0 radical (unpaired) electrons. The average molecular weight is 375 g/mol. The van der Waals surface area contributed by atoms with E-state index in [1.54, 1.807) is 0 Å². The molecule has 4 aliphatic carbocycles. The van der Waals surface area contributed by atoms with Crippen molar-refractivity contribution in [1.82, 2.24) is 0 Å². The fourth-order valence-corrected chi connectivity index (χ4v) is 8.56. The van der Waals surface area contributed by atoms with Crippen molar-refractivity contribution in [1.29, 1.82) is 0 Å². The van der Waals surface area contributed by atoms with Gasteiger partial charge in [0.25, 0.3) is 0 Å². The minimum Gasteiger partial charge on any atom is -0.387 e. The smallest absolute Gasteiger partial charge is 0.0883 e. The highest BCUT2D eigenvalue weighted by Crippen LogP contribution is 2.68. The van der Waals surface area contributed by atoms with E-state index >= 15 is 0 Å². The first-order valence-corrected chi connectivity index (χ1v) is 11.7. The molecule has 2 nitrogen and oxygen atoms in total. The van der Waals surface area contributed by atoms with E-state index in [4.69, 9.17) is 4.74 Å². The molecule has 154 valence electrons. The quantitative estimate of drug-likeness (QED) is 0.613. The largest absolute Gasteiger partial charge is 0.387 e. The lowest BCUT2D eigenvalue weighted by molar-refractivity contribution is -0.164. The van der Waals surface area contributed by atoms with Crippen molar-refractivity contribution < 1.29 is 9.84 Å². The Hall–Kier alpha value is -0.340. The minimum atomic E-state index is -0.575. The normalized spacial score (nSPS) is 52.0. The summed E-state index contributed by atoms with van der Waals surface area (Å²) in [6.45, 7) is 15.1. The topological polar surface area (TPSA) is 29.5 Å². The summed E-state index contributed by atoms with van der Waals surface area (Å²) in [6, 6.07) is 0. The van der Waals surface area contributed by atoms with Gasteiger partial charge in [-0.3, -0.25) is 0 Å². The Labute approximate surface area is 167 Å². The van der Waals surface area contributed by atoms with E-state index in [2.05, 4.69) is 27.4 Å². The van der Waals surface area contributed by atoms with Crippen LogP contribution in [0.3, 0.4) is 0 Å². The van der Waals surface area contributed by atoms with Crippen LogP contribution >= 0.6 is 0 Å². The summed E-state index contributed by atoms with van der Waals surface area (Å²) in [5, 5.41) is 11.1. The van der Waals surface area contributed by atoms with E-state index in [1.807, 2.05) is 6.92 Å². The van der Waals surface area contributed by atoms with Gasteiger partial charge < -0.3 is 9.84 Å². The molecule has 4 rings (SSSR count). The molecule has 4 fully saturated rings. The summed E-state index contributed by atoms with van der Waals surface area (Å²) >= 11 is 0. The van der Waals surface area contributed by atoms with E-state index in [-0.39, 0.29) is 0 Å². The van der Waals surface area contributed by atoms with Gasteiger partial charge in [-0.05, 0) is 112 Å². The van der Waals surface area contributed by atoms with Gasteiger partial charge in [-0.2, -0.15) is 0 Å². The van der Waals surface area contributed by atoms with Gasteiger partial charge in [0.15, 0.2) is 0 Å². The molecule has 0 aromatic carbocycles. The predicted octanol–water partition coefficient (Wildman–Crippen LogP) is 5.99. The molecular weight excluding hydrogens is 332 g/mol. The molecule has 0 bridgehead atoms. The van der Waals surface area contributed by atoms with E-state index in [0.717, 1.165) is 36.5 Å². The van der Waals surface area contributed by atoms with E-state index in [9.17, 15) is 5.11 Å². The lowest BCUT2D eigenvalue weighted by Crippen LogP contribution is -2.56. The second-order valence-corrected chi connectivity index (χ2v) is 11.2. The number of rotatable bonds is 4. The Morgan fingerprint density at radius 2 is 1.74 bits per heavy atom. The summed E-state index contributed by atoms with van der Waals surface area (Å²) in [4.78, 5) is 0. The van der Waals surface area contributed by atoms with Crippen molar-refractivity contribution in [2.24, 2.45) is 40.4 Å². The van der Waals surface area contributed by atoms with Crippen LogP contribution in [0.15, 0.2) is 12.2 Å². The zero-order chi connectivity index (χ0) is 19.4. The highest BCUT2D eigenvalue weighted by Gasteiger charge is 2.61. The van der Waals surface area contributed by atoms with E-state index in [0.29, 0.717) is 30.0 Å². The minimum absolute atomic E-state index is 0.435. The fraction of sp³-hybridized carbons (Fsp3) is 0.920. The molecule has 0 heterocycles. The van der Waals surface area contributed by atoms with Gasteiger partial charge in [0, 0.05) is 6.61 Å². The third-order valence-corrected chi connectivity index (χ3v) is 9.99. The fourth-order valence-electron chi connectivity index (χ4n) is 8.56. The van der Waals surface area contributed by atoms with Crippen molar-refractivity contribution in [2.75, 3.05) is 13.2 Å². The molecule has 0 unspecified atom stereocenters. The summed E-state index contributed by atoms with van der Waals surface area (Å²) in [7, 11) is 0. The summed E-state index contributed by atoms with van der Waals surface area (Å²) < 4.78 is 5.64. The van der Waals surface area contributed by atoms with Crippen molar-refractivity contribution in [3.05, 3.63) is 12.2 Å². The number of hydrogen-bond acceptors (Lipinski definition) is 2. The molecule has 27 heavy (non-hydrogen) atoms. The van der Waals surface area contributed by atoms with Crippen LogP contribution in [0, 0.1) is 40.4 Å². The standard InChI is InChI=1S/C25H42O2/c1-6-27-16-25(26)14-13-23(4)18(15-25)7-8-19-21-10-9-20(17(2)3)24(21,5)12-11-22(19)23/h18-22,26H,2,6-16H2,1,3-5H3/t18-,19+,20-,21+,22+,23+,24-,25-/m1/s1. The van der Waals surface area contributed by atoms with Crippen LogP contribution in [0.1, 0.15) is 85.5 Å². The summed E-state index contributed by atoms with van der Waals surface area (Å²) in [5.41, 5.74) is 1.79. The van der Waals surface area contributed by atoms with Crippen LogP contribution in [0.25, 0.3) is 0 Å². The molecular formula is C25H42O2. The Balaban J connectivity index is 1.53. The Bertz CT molecular complexity index is 585. The highest BCUT2D eigenvalue weighted by molar-refractivity contribution is 5.15. The van der Waals surface area contributed by atoms with Crippen LogP contribution in [0.2, 0.25) is 0 Å². The van der Waals surface area contributed by atoms with Gasteiger partial charge in [0.2, 0.25) is 0 Å². The number of hydrogen-bond donors (Lipinski definition) is 1. The van der Waals surface area contributed by atoms with Gasteiger partial charge in [0.05, 0.1) is 12.2 Å². The maximum Gasteiger partial charge on any atom is 0.0883 e. The molecule has 0 aliphatic heterocycles. The third-order valence-electron chi connectivity index (χ3n) is 9.99. The number of allylic oxidation sites excluding steroid dienone is 1. The van der Waals surface area contributed by atoms with Gasteiger partial charge in [-0.15, -0.1) is 0 Å². The van der Waals surface area contributed by atoms with Crippen LogP contribution in [-0.4, -0.2) is 23.9 Å². The lowest BCUT2D eigenvalue weighted by atomic mass is 9.44. The molecule has 0 amide bonds. The van der Waals surface area contributed by atoms with Gasteiger partial charge in [-0.1, -0.05) is 26.0 Å². The summed E-state index contributed by atoms with van der Waals surface area (Å²) in [5.74, 6) is 4.11. The molecule has 0 aromatic heterocycles. The maximum atomic E-state index is 11.1. The molecule has 0 spiro atoms. The monoisotopic (exact) mass is 374 g/mol. The Kier molecular flexibility index (Phi) is 5.08. The van der Waals surface area contributed by atoms with Crippen LogP contribution < -0.4 is 0 Å². The van der Waals surface area contributed by atoms with Crippen molar-refractivity contribution in [2.45, 2.75) is 91.1 Å². The average Bonchev–Trinajstić information content (AvgIpc) is 2.98. The van der Waals surface area contributed by atoms with Gasteiger partial charge >= 0.3 is 0 Å².